The summed E-state index contributed by atoms with van der Waals surface area (Å²) >= 11 is 0. The molecule has 0 amide bonds. The molecule has 258 valence electrons. The molecule has 0 saturated heterocycles. The number of rotatable bonds is 7. The van der Waals surface area contributed by atoms with Gasteiger partial charge in [-0.3, -0.25) is 4.90 Å². The number of ether oxygens (including phenoxy) is 2. The Kier molecular flexibility index (Phi) is 7.77. The molecule has 0 radical (unpaired) electrons. The molecule has 7 aromatic carbocycles. The third kappa shape index (κ3) is 5.58. The highest BCUT2D eigenvalue weighted by Crippen LogP contribution is 2.51. The number of fused-ring (bicyclic) bond motifs is 3. The first-order valence-corrected chi connectivity index (χ1v) is 18.1. The standard InChI is InChI=1S/C48H34N4O2/c1-3-15-34(16-4-1)40-23-13-24-41(35-17-5-2-6-18-35)47(40)51-33-50(42-25-7-8-26-43(42)51)36-19-11-21-38(31-36)53-39-22-12-20-37(32-39)52-44-27-9-10-28-45(44)54-46-29-14-30-49-48(46)52/h1-32H,33H2. The molecular weight excluding hydrogens is 665 g/mol. The summed E-state index contributed by atoms with van der Waals surface area (Å²) in [5.74, 6) is 3.68. The van der Waals surface area contributed by atoms with Crippen LogP contribution in [0.15, 0.2) is 194 Å². The van der Waals surface area contributed by atoms with Gasteiger partial charge in [0.1, 0.15) is 18.2 Å². The number of anilines is 7. The maximum Gasteiger partial charge on any atom is 0.181 e. The summed E-state index contributed by atoms with van der Waals surface area (Å²) in [4.78, 5) is 11.6. The molecule has 2 aliphatic rings. The van der Waals surface area contributed by atoms with E-state index in [-0.39, 0.29) is 0 Å². The van der Waals surface area contributed by atoms with Crippen LogP contribution in [0.5, 0.6) is 23.0 Å². The van der Waals surface area contributed by atoms with E-state index < -0.39 is 0 Å². The van der Waals surface area contributed by atoms with Crippen LogP contribution in [0.4, 0.5) is 39.9 Å². The van der Waals surface area contributed by atoms with Crippen LogP contribution in [-0.4, -0.2) is 11.7 Å². The second-order valence-electron chi connectivity index (χ2n) is 13.2. The Labute approximate surface area is 314 Å². The molecule has 1 aromatic heterocycles. The van der Waals surface area contributed by atoms with E-state index in [0.29, 0.717) is 12.4 Å². The van der Waals surface area contributed by atoms with Crippen molar-refractivity contribution in [1.82, 2.24) is 4.98 Å². The SMILES string of the molecule is c1ccc(-c2cccc(-c3ccccc3)c2N2CN(c3cccc(Oc4cccc(N5c6ccccc6Oc6cccnc65)c4)c3)c3ccccc32)cc1. The Bertz CT molecular complexity index is 2520. The molecule has 0 fully saturated rings. The van der Waals surface area contributed by atoms with E-state index in [1.165, 1.54) is 27.9 Å². The number of benzene rings is 7. The topological polar surface area (TPSA) is 41.1 Å². The zero-order chi connectivity index (χ0) is 35.8. The van der Waals surface area contributed by atoms with Gasteiger partial charge in [-0.15, -0.1) is 0 Å². The fourth-order valence-corrected chi connectivity index (χ4v) is 7.55. The van der Waals surface area contributed by atoms with Crippen molar-refractivity contribution in [3.63, 3.8) is 0 Å². The monoisotopic (exact) mass is 698 g/mol. The van der Waals surface area contributed by atoms with Crippen molar-refractivity contribution in [2.75, 3.05) is 21.4 Å². The largest absolute Gasteiger partial charge is 0.457 e. The van der Waals surface area contributed by atoms with Gasteiger partial charge in [-0.05, 0) is 71.8 Å². The summed E-state index contributed by atoms with van der Waals surface area (Å²) in [5.41, 5.74) is 11.1. The molecule has 2 aliphatic heterocycles. The van der Waals surface area contributed by atoms with Gasteiger partial charge in [0.15, 0.2) is 17.3 Å². The first kappa shape index (κ1) is 31.4. The van der Waals surface area contributed by atoms with Gasteiger partial charge in [-0.2, -0.15) is 0 Å². The molecule has 0 saturated carbocycles. The zero-order valence-corrected chi connectivity index (χ0v) is 29.3. The number of hydrogen-bond acceptors (Lipinski definition) is 6. The third-order valence-electron chi connectivity index (χ3n) is 9.95. The van der Waals surface area contributed by atoms with E-state index in [4.69, 9.17) is 9.47 Å². The van der Waals surface area contributed by atoms with Crippen LogP contribution in [0, 0.1) is 0 Å². The van der Waals surface area contributed by atoms with Gasteiger partial charge in [-0.25, -0.2) is 4.98 Å². The van der Waals surface area contributed by atoms with Gasteiger partial charge in [0, 0.05) is 35.1 Å². The summed E-state index contributed by atoms with van der Waals surface area (Å²) in [6, 6.07) is 64.9. The number of hydrogen-bond donors (Lipinski definition) is 0. The number of aromatic nitrogens is 1. The maximum atomic E-state index is 6.62. The van der Waals surface area contributed by atoms with Gasteiger partial charge in [-0.1, -0.05) is 115 Å². The van der Waals surface area contributed by atoms with Crippen molar-refractivity contribution in [1.29, 1.82) is 0 Å². The smallest absolute Gasteiger partial charge is 0.181 e. The summed E-state index contributed by atoms with van der Waals surface area (Å²) in [6.07, 6.45) is 1.79. The summed E-state index contributed by atoms with van der Waals surface area (Å²) in [5, 5.41) is 0. The lowest BCUT2D eigenvalue weighted by atomic mass is 9.95. The van der Waals surface area contributed by atoms with E-state index in [9.17, 15) is 0 Å². The van der Waals surface area contributed by atoms with Crippen LogP contribution in [0.25, 0.3) is 22.3 Å². The molecule has 0 bridgehead atoms. The fraction of sp³-hybridized carbons (Fsp3) is 0.0208. The summed E-state index contributed by atoms with van der Waals surface area (Å²) in [7, 11) is 0. The van der Waals surface area contributed by atoms with Crippen LogP contribution >= 0.6 is 0 Å². The van der Waals surface area contributed by atoms with Crippen LogP contribution < -0.4 is 24.2 Å². The average molecular weight is 699 g/mol. The van der Waals surface area contributed by atoms with E-state index in [1.807, 2.05) is 60.7 Å². The summed E-state index contributed by atoms with van der Waals surface area (Å²) in [6.45, 7) is 0.630. The Morgan fingerprint density at radius 3 is 1.72 bits per heavy atom. The molecule has 6 nitrogen and oxygen atoms in total. The van der Waals surface area contributed by atoms with Gasteiger partial charge >= 0.3 is 0 Å². The lowest BCUT2D eigenvalue weighted by Gasteiger charge is -2.31. The predicted octanol–water partition coefficient (Wildman–Crippen LogP) is 13.0. The van der Waals surface area contributed by atoms with Crippen LogP contribution in [0.3, 0.4) is 0 Å². The highest BCUT2D eigenvalue weighted by Gasteiger charge is 2.31. The Hall–Kier alpha value is -7.31. The lowest BCUT2D eigenvalue weighted by molar-refractivity contribution is 0.473. The minimum atomic E-state index is 0.630. The first-order valence-electron chi connectivity index (χ1n) is 18.1. The Morgan fingerprint density at radius 2 is 1.02 bits per heavy atom. The minimum absolute atomic E-state index is 0.630. The van der Waals surface area contributed by atoms with E-state index in [1.54, 1.807) is 6.20 Å². The molecule has 0 atom stereocenters. The maximum absolute atomic E-state index is 6.62. The molecule has 0 aliphatic carbocycles. The van der Waals surface area contributed by atoms with Crippen molar-refractivity contribution in [3.8, 4) is 45.3 Å². The lowest BCUT2D eigenvalue weighted by Crippen LogP contribution is -2.24. The van der Waals surface area contributed by atoms with Gasteiger partial charge in [0.2, 0.25) is 0 Å². The molecule has 10 rings (SSSR count). The van der Waals surface area contributed by atoms with Crippen molar-refractivity contribution in [3.05, 3.63) is 194 Å². The predicted molar refractivity (Wildman–Crippen MR) is 218 cm³/mol. The normalized spacial score (nSPS) is 12.8. The number of nitrogens with zero attached hydrogens (tertiary/aromatic N) is 4. The fourth-order valence-electron chi connectivity index (χ4n) is 7.55. The zero-order valence-electron chi connectivity index (χ0n) is 29.3. The molecule has 6 heteroatoms. The molecule has 0 unspecified atom stereocenters. The molecule has 0 spiro atoms. The Balaban J connectivity index is 1.00. The molecule has 8 aromatic rings. The quantitative estimate of drug-likeness (QED) is 0.165. The van der Waals surface area contributed by atoms with E-state index in [0.717, 1.165) is 51.5 Å². The number of para-hydroxylation sites is 5. The Morgan fingerprint density at radius 1 is 0.463 bits per heavy atom. The van der Waals surface area contributed by atoms with Crippen molar-refractivity contribution < 1.29 is 9.47 Å². The van der Waals surface area contributed by atoms with E-state index in [2.05, 4.69) is 147 Å². The van der Waals surface area contributed by atoms with Crippen LogP contribution in [0.2, 0.25) is 0 Å². The molecule has 3 heterocycles. The molecule has 0 N–H and O–H groups in total. The van der Waals surface area contributed by atoms with Gasteiger partial charge in [0.25, 0.3) is 0 Å². The van der Waals surface area contributed by atoms with E-state index >= 15 is 0 Å². The highest BCUT2D eigenvalue weighted by molar-refractivity contribution is 5.98. The number of pyridine rings is 1. The molecular formula is C48H34N4O2. The molecule has 54 heavy (non-hydrogen) atoms. The summed E-state index contributed by atoms with van der Waals surface area (Å²) < 4.78 is 12.8. The second-order valence-corrected chi connectivity index (χ2v) is 13.2. The first-order chi connectivity index (χ1) is 26.8. The van der Waals surface area contributed by atoms with Crippen LogP contribution in [0.1, 0.15) is 0 Å². The van der Waals surface area contributed by atoms with Crippen molar-refractivity contribution in [2.45, 2.75) is 0 Å². The highest BCUT2D eigenvalue weighted by atomic mass is 16.5. The van der Waals surface area contributed by atoms with Crippen molar-refractivity contribution in [2.24, 2.45) is 0 Å². The minimum Gasteiger partial charge on any atom is -0.457 e. The van der Waals surface area contributed by atoms with Gasteiger partial charge in [0.05, 0.1) is 28.4 Å². The average Bonchev–Trinajstić information content (AvgIpc) is 3.63. The van der Waals surface area contributed by atoms with Gasteiger partial charge < -0.3 is 19.3 Å². The van der Waals surface area contributed by atoms with Crippen LogP contribution in [-0.2, 0) is 0 Å². The second kappa shape index (κ2) is 13.3. The van der Waals surface area contributed by atoms with Crippen molar-refractivity contribution >= 4 is 39.9 Å². The third-order valence-corrected chi connectivity index (χ3v) is 9.95.